The summed E-state index contributed by atoms with van der Waals surface area (Å²) < 4.78 is 5.33. The number of phenols is 1. The van der Waals surface area contributed by atoms with Crippen LogP contribution in [-0.4, -0.2) is 36.0 Å². The van der Waals surface area contributed by atoms with Crippen LogP contribution in [0.2, 0.25) is 0 Å². The van der Waals surface area contributed by atoms with E-state index >= 15 is 0 Å². The molecular weight excluding hydrogens is 478 g/mol. The molecule has 0 heterocycles. The Hall–Kier alpha value is -5.32. The van der Waals surface area contributed by atoms with E-state index in [1.165, 1.54) is 50.6 Å². The number of ether oxygens (including phenoxy) is 1. The van der Waals surface area contributed by atoms with E-state index in [2.05, 4.69) is 20.9 Å². The zero-order valence-corrected chi connectivity index (χ0v) is 19.8. The summed E-state index contributed by atoms with van der Waals surface area (Å²) >= 11 is 0. The van der Waals surface area contributed by atoms with Crippen molar-refractivity contribution in [2.75, 3.05) is 19.5 Å². The number of rotatable bonds is 7. The monoisotopic (exact) mass is 499 g/mol. The number of nitro groups is 1. The number of non-ortho nitro benzene ring substituents is 1. The van der Waals surface area contributed by atoms with Crippen LogP contribution in [0.15, 0.2) is 83.0 Å². The molecule has 0 atom stereocenters. The number of nitrogens with one attached hydrogen (secondary N) is 2. The fourth-order valence-corrected chi connectivity index (χ4v) is 3.64. The largest absolute Gasteiger partial charge is 0.505 e. The third-order valence-corrected chi connectivity index (χ3v) is 5.48. The third-order valence-electron chi connectivity index (χ3n) is 5.48. The van der Waals surface area contributed by atoms with Gasteiger partial charge in [0.25, 0.3) is 17.5 Å². The predicted molar refractivity (Wildman–Crippen MR) is 137 cm³/mol. The number of aromatic hydroxyl groups is 1. The molecule has 2 amide bonds. The number of hydrogen-bond donors (Lipinski definition) is 3. The van der Waals surface area contributed by atoms with Crippen molar-refractivity contribution in [1.82, 2.24) is 5.32 Å². The molecule has 0 aliphatic rings. The molecule has 0 radical (unpaired) electrons. The minimum Gasteiger partial charge on any atom is -0.505 e. The van der Waals surface area contributed by atoms with Crippen molar-refractivity contribution < 1.29 is 24.4 Å². The molecule has 37 heavy (non-hydrogen) atoms. The number of benzene rings is 4. The van der Waals surface area contributed by atoms with Crippen LogP contribution in [0, 0.1) is 10.1 Å². The number of carbonyl (C=O) groups is 2. The summed E-state index contributed by atoms with van der Waals surface area (Å²) in [5.74, 6) is -1.12. The number of methoxy groups -OCH3 is 1. The van der Waals surface area contributed by atoms with Gasteiger partial charge in [-0.1, -0.05) is 30.3 Å². The zero-order chi connectivity index (χ0) is 26.5. The maximum Gasteiger partial charge on any atom is 0.271 e. The number of carbonyl (C=O) groups excluding carboxylic acids is 2. The van der Waals surface area contributed by atoms with Crippen molar-refractivity contribution in [1.29, 1.82) is 0 Å². The van der Waals surface area contributed by atoms with Gasteiger partial charge in [0, 0.05) is 35.8 Å². The molecule has 0 aliphatic heterocycles. The molecule has 0 saturated heterocycles. The van der Waals surface area contributed by atoms with Gasteiger partial charge in [0.1, 0.15) is 17.1 Å². The molecule has 11 heteroatoms. The van der Waals surface area contributed by atoms with Gasteiger partial charge in [-0.05, 0) is 35.7 Å². The zero-order valence-electron chi connectivity index (χ0n) is 19.8. The molecule has 0 unspecified atom stereocenters. The minimum absolute atomic E-state index is 0.0414. The van der Waals surface area contributed by atoms with Crippen molar-refractivity contribution in [3.63, 3.8) is 0 Å². The number of nitrogens with zero attached hydrogens (tertiary/aromatic N) is 3. The highest BCUT2D eigenvalue weighted by atomic mass is 16.6. The van der Waals surface area contributed by atoms with Crippen LogP contribution >= 0.6 is 0 Å². The van der Waals surface area contributed by atoms with Crippen molar-refractivity contribution in [3.8, 4) is 11.5 Å². The summed E-state index contributed by atoms with van der Waals surface area (Å²) in [6.45, 7) is 0. The lowest BCUT2D eigenvalue weighted by Crippen LogP contribution is -2.17. The van der Waals surface area contributed by atoms with Gasteiger partial charge in [-0.2, -0.15) is 0 Å². The highest BCUT2D eigenvalue weighted by Gasteiger charge is 2.19. The smallest absolute Gasteiger partial charge is 0.271 e. The van der Waals surface area contributed by atoms with E-state index in [1.807, 2.05) is 0 Å². The lowest BCUT2D eigenvalue weighted by atomic mass is 10.0. The maximum atomic E-state index is 13.0. The Kier molecular flexibility index (Phi) is 7.05. The molecular formula is C26H21N5O6. The average Bonchev–Trinajstić information content (AvgIpc) is 2.91. The van der Waals surface area contributed by atoms with Crippen molar-refractivity contribution >= 4 is 45.3 Å². The van der Waals surface area contributed by atoms with Gasteiger partial charge in [0.05, 0.1) is 17.6 Å². The van der Waals surface area contributed by atoms with E-state index in [0.29, 0.717) is 22.0 Å². The molecule has 0 bridgehead atoms. The molecule has 0 spiro atoms. The van der Waals surface area contributed by atoms with Crippen LogP contribution in [0.25, 0.3) is 10.8 Å². The van der Waals surface area contributed by atoms with Crippen LogP contribution in [0.5, 0.6) is 11.5 Å². The first-order chi connectivity index (χ1) is 17.8. The Morgan fingerprint density at radius 1 is 0.973 bits per heavy atom. The number of fused-ring (bicyclic) bond motifs is 1. The Morgan fingerprint density at radius 3 is 2.49 bits per heavy atom. The minimum atomic E-state index is -0.687. The van der Waals surface area contributed by atoms with Gasteiger partial charge in [-0.3, -0.25) is 19.7 Å². The van der Waals surface area contributed by atoms with Crippen LogP contribution < -0.4 is 15.4 Å². The van der Waals surface area contributed by atoms with Crippen molar-refractivity contribution in [2.24, 2.45) is 10.2 Å². The summed E-state index contributed by atoms with van der Waals surface area (Å²) in [5.41, 5.74) is 0.611. The molecule has 11 nitrogen and oxygen atoms in total. The number of nitro benzene ring substituents is 1. The Morgan fingerprint density at radius 2 is 1.76 bits per heavy atom. The normalized spacial score (nSPS) is 10.9. The van der Waals surface area contributed by atoms with Gasteiger partial charge < -0.3 is 20.5 Å². The van der Waals surface area contributed by atoms with Crippen molar-refractivity contribution in [2.45, 2.75) is 0 Å². The van der Waals surface area contributed by atoms with Crippen LogP contribution in [0.3, 0.4) is 0 Å². The average molecular weight is 499 g/mol. The second-order valence-electron chi connectivity index (χ2n) is 7.77. The van der Waals surface area contributed by atoms with Gasteiger partial charge in [0.2, 0.25) is 0 Å². The fourth-order valence-electron chi connectivity index (χ4n) is 3.64. The molecule has 0 aliphatic carbocycles. The van der Waals surface area contributed by atoms with E-state index in [1.54, 1.807) is 36.4 Å². The van der Waals surface area contributed by atoms with Gasteiger partial charge in [-0.25, -0.2) is 0 Å². The van der Waals surface area contributed by atoms with Crippen LogP contribution in [-0.2, 0) is 0 Å². The third kappa shape index (κ3) is 5.20. The summed E-state index contributed by atoms with van der Waals surface area (Å²) in [5, 5.41) is 36.7. The number of azo groups is 1. The Balaban J connectivity index is 1.75. The Bertz CT molecular complexity index is 1570. The molecule has 0 aromatic heterocycles. The number of phenolic OH excluding ortho intramolecular Hbond substituents is 1. The molecule has 0 saturated carbocycles. The van der Waals surface area contributed by atoms with E-state index in [9.17, 15) is 24.8 Å². The molecule has 4 aromatic carbocycles. The number of anilines is 1. The Labute approximate surface area is 210 Å². The van der Waals surface area contributed by atoms with E-state index in [4.69, 9.17) is 4.74 Å². The van der Waals surface area contributed by atoms with E-state index in [-0.39, 0.29) is 34.3 Å². The highest BCUT2D eigenvalue weighted by Crippen LogP contribution is 2.40. The highest BCUT2D eigenvalue weighted by molar-refractivity contribution is 6.11. The van der Waals surface area contributed by atoms with Gasteiger partial charge in [0.15, 0.2) is 5.75 Å². The number of hydrogen-bond acceptors (Lipinski definition) is 8. The van der Waals surface area contributed by atoms with Gasteiger partial charge in [-0.15, -0.1) is 10.2 Å². The van der Waals surface area contributed by atoms with Gasteiger partial charge >= 0.3 is 0 Å². The molecule has 0 fully saturated rings. The van der Waals surface area contributed by atoms with E-state index < -0.39 is 16.6 Å². The first-order valence-corrected chi connectivity index (χ1v) is 10.9. The first-order valence-electron chi connectivity index (χ1n) is 10.9. The topological polar surface area (TPSA) is 156 Å². The van der Waals surface area contributed by atoms with Crippen LogP contribution in [0.1, 0.15) is 20.7 Å². The number of amides is 2. The second-order valence-corrected chi connectivity index (χ2v) is 7.77. The lowest BCUT2D eigenvalue weighted by molar-refractivity contribution is -0.384. The second kappa shape index (κ2) is 10.5. The lowest BCUT2D eigenvalue weighted by Gasteiger charge is -2.11. The summed E-state index contributed by atoms with van der Waals surface area (Å²) in [6, 6.07) is 18.5. The van der Waals surface area contributed by atoms with E-state index in [0.717, 1.165) is 0 Å². The molecule has 186 valence electrons. The summed E-state index contributed by atoms with van der Waals surface area (Å²) in [4.78, 5) is 35.5. The van der Waals surface area contributed by atoms with Crippen molar-refractivity contribution in [3.05, 3.63) is 94.0 Å². The quantitative estimate of drug-likeness (QED) is 0.173. The first kappa shape index (κ1) is 24.8. The maximum absolute atomic E-state index is 13.0. The molecule has 4 rings (SSSR count). The van der Waals surface area contributed by atoms with Crippen LogP contribution in [0.4, 0.5) is 22.7 Å². The molecule has 4 aromatic rings. The summed E-state index contributed by atoms with van der Waals surface area (Å²) in [6.07, 6.45) is 0. The standard InChI is InChI=1S/C26H21N5O6/c1-27-25(33)16-10-11-21(22(13-16)37-2)29-30-23-19-9-4-3-6-15(19)12-20(24(23)32)26(34)28-17-7-5-8-18(14-17)31(35)36/h3-14,32H,1-2H3,(H,27,33)(H,28,34)/b30-29+. The fraction of sp³-hybridized carbons (Fsp3) is 0.0769. The summed E-state index contributed by atoms with van der Waals surface area (Å²) in [7, 11) is 2.94. The SMILES string of the molecule is CNC(=O)c1ccc(/N=N/c2c(O)c(C(=O)Nc3cccc([N+](=O)[O-])c3)cc3ccccc23)c(OC)c1. The predicted octanol–water partition coefficient (Wildman–Crippen LogP) is 5.49. The molecule has 3 N–H and O–H groups in total.